The van der Waals surface area contributed by atoms with Crippen LogP contribution in [0.25, 0.3) is 0 Å². The van der Waals surface area contributed by atoms with E-state index in [2.05, 4.69) is 34.5 Å². The molecule has 0 aromatic carbocycles. The zero-order valence-electron chi connectivity index (χ0n) is 16.5. The van der Waals surface area contributed by atoms with Crippen LogP contribution in [0.2, 0.25) is 0 Å². The molecule has 0 fully saturated rings. The summed E-state index contributed by atoms with van der Waals surface area (Å²) in [6.07, 6.45) is 4.57. The Labute approximate surface area is 175 Å². The Morgan fingerprint density at radius 1 is 1.23 bits per heavy atom. The molecule has 150 valence electrons. The molecule has 0 amide bonds. The smallest absolute Gasteiger partial charge is 0.218 e. The largest absolute Gasteiger partial charge is 0.478 e. The number of hydrogen-bond donors (Lipinski definition) is 3. The second-order valence-corrected chi connectivity index (χ2v) is 6.13. The minimum absolute atomic E-state index is 0. The Bertz CT molecular complexity index is 522. The van der Waals surface area contributed by atoms with E-state index >= 15 is 0 Å². The fourth-order valence-electron chi connectivity index (χ4n) is 2.77. The van der Waals surface area contributed by atoms with E-state index in [1.54, 1.807) is 6.20 Å². The zero-order chi connectivity index (χ0) is 18.5. The molecular weight excluding hydrogens is 443 g/mol. The van der Waals surface area contributed by atoms with Gasteiger partial charge < -0.3 is 20.5 Å². The van der Waals surface area contributed by atoms with Crippen molar-refractivity contribution in [2.75, 3.05) is 26.3 Å². The van der Waals surface area contributed by atoms with E-state index in [0.717, 1.165) is 43.9 Å². The highest BCUT2D eigenvalue weighted by atomic mass is 127. The standard InChI is InChI=1S/C19H34N4O2.HI/c1-5-19(6-2,11-13-24)15-23-18(20-7-3)22-14-16-10-9-12-21-17(16)25-8-4;/h9-10,12,24H,5-8,11,13-15H2,1-4H3,(H2,20,22,23);1H. The number of nitrogens with zero attached hydrogens (tertiary/aromatic N) is 2. The van der Waals surface area contributed by atoms with Crippen LogP contribution in [0.15, 0.2) is 23.3 Å². The average Bonchev–Trinajstić information content (AvgIpc) is 2.64. The van der Waals surface area contributed by atoms with Gasteiger partial charge in [-0.25, -0.2) is 9.98 Å². The lowest BCUT2D eigenvalue weighted by Crippen LogP contribution is -2.43. The zero-order valence-corrected chi connectivity index (χ0v) is 18.9. The van der Waals surface area contributed by atoms with Gasteiger partial charge in [0.1, 0.15) is 0 Å². The molecular formula is C19H35IN4O2. The first-order valence-corrected chi connectivity index (χ1v) is 9.34. The predicted molar refractivity (Wildman–Crippen MR) is 118 cm³/mol. The summed E-state index contributed by atoms with van der Waals surface area (Å²) in [5.41, 5.74) is 1.06. The summed E-state index contributed by atoms with van der Waals surface area (Å²) in [5, 5.41) is 16.1. The number of guanidine groups is 1. The molecule has 0 aliphatic carbocycles. The van der Waals surface area contributed by atoms with Gasteiger partial charge in [-0.15, -0.1) is 24.0 Å². The van der Waals surface area contributed by atoms with Crippen LogP contribution in [0.5, 0.6) is 5.88 Å². The summed E-state index contributed by atoms with van der Waals surface area (Å²) in [4.78, 5) is 8.94. The van der Waals surface area contributed by atoms with Crippen LogP contribution in [-0.2, 0) is 6.54 Å². The molecule has 0 atom stereocenters. The molecule has 26 heavy (non-hydrogen) atoms. The molecule has 1 rings (SSSR count). The number of aliphatic imine (C=N–C) groups is 1. The first kappa shape index (κ1) is 24.9. The minimum atomic E-state index is 0. The maximum atomic E-state index is 9.37. The van der Waals surface area contributed by atoms with E-state index in [4.69, 9.17) is 4.74 Å². The fraction of sp³-hybridized carbons (Fsp3) is 0.684. The van der Waals surface area contributed by atoms with E-state index in [-0.39, 0.29) is 36.0 Å². The third-order valence-corrected chi connectivity index (χ3v) is 4.66. The summed E-state index contributed by atoms with van der Waals surface area (Å²) in [5.74, 6) is 1.42. The van der Waals surface area contributed by atoms with Crippen molar-refractivity contribution in [3.63, 3.8) is 0 Å². The molecule has 0 aliphatic heterocycles. The van der Waals surface area contributed by atoms with Gasteiger partial charge in [0.25, 0.3) is 0 Å². The minimum Gasteiger partial charge on any atom is -0.478 e. The molecule has 1 heterocycles. The number of ether oxygens (including phenoxy) is 1. The van der Waals surface area contributed by atoms with Crippen LogP contribution < -0.4 is 15.4 Å². The molecule has 3 N–H and O–H groups in total. The lowest BCUT2D eigenvalue weighted by Gasteiger charge is -2.32. The Kier molecular flexibility index (Phi) is 13.4. The number of hydrogen-bond acceptors (Lipinski definition) is 4. The number of halogens is 1. The van der Waals surface area contributed by atoms with Crippen molar-refractivity contribution < 1.29 is 9.84 Å². The quantitative estimate of drug-likeness (QED) is 0.258. The van der Waals surface area contributed by atoms with E-state index in [9.17, 15) is 5.11 Å². The summed E-state index contributed by atoms with van der Waals surface area (Å²) < 4.78 is 5.56. The number of aliphatic hydroxyl groups excluding tert-OH is 1. The molecule has 0 radical (unpaired) electrons. The highest BCUT2D eigenvalue weighted by Gasteiger charge is 2.25. The summed E-state index contributed by atoms with van der Waals surface area (Å²) in [6, 6.07) is 3.88. The number of nitrogens with one attached hydrogen (secondary N) is 2. The average molecular weight is 478 g/mol. The maximum absolute atomic E-state index is 9.37. The van der Waals surface area contributed by atoms with Crippen LogP contribution in [-0.4, -0.2) is 42.4 Å². The lowest BCUT2D eigenvalue weighted by atomic mass is 9.79. The van der Waals surface area contributed by atoms with Gasteiger partial charge in [0.15, 0.2) is 5.96 Å². The first-order chi connectivity index (χ1) is 12.1. The van der Waals surface area contributed by atoms with Gasteiger partial charge >= 0.3 is 0 Å². The van der Waals surface area contributed by atoms with Gasteiger partial charge in [0.2, 0.25) is 5.88 Å². The predicted octanol–water partition coefficient (Wildman–Crippen LogP) is 3.34. The molecule has 0 bridgehead atoms. The first-order valence-electron chi connectivity index (χ1n) is 9.34. The molecule has 1 aromatic heterocycles. The van der Waals surface area contributed by atoms with Gasteiger partial charge in [-0.2, -0.15) is 0 Å². The van der Waals surface area contributed by atoms with Crippen LogP contribution in [0.3, 0.4) is 0 Å². The fourth-order valence-corrected chi connectivity index (χ4v) is 2.77. The normalized spacial score (nSPS) is 11.7. The van der Waals surface area contributed by atoms with E-state index in [1.807, 2.05) is 26.0 Å². The third-order valence-electron chi connectivity index (χ3n) is 4.66. The Balaban J connectivity index is 0.00000625. The van der Waals surface area contributed by atoms with Crippen LogP contribution in [0, 0.1) is 5.41 Å². The second-order valence-electron chi connectivity index (χ2n) is 6.13. The molecule has 0 unspecified atom stereocenters. The Hall–Kier alpha value is -1.09. The number of aromatic nitrogens is 1. The van der Waals surface area contributed by atoms with Gasteiger partial charge in [-0.05, 0) is 44.6 Å². The van der Waals surface area contributed by atoms with Gasteiger partial charge in [0.05, 0.1) is 13.2 Å². The molecule has 1 aromatic rings. The summed E-state index contributed by atoms with van der Waals surface area (Å²) >= 11 is 0. The van der Waals surface area contributed by atoms with Gasteiger partial charge in [-0.3, -0.25) is 0 Å². The van der Waals surface area contributed by atoms with Crippen LogP contribution >= 0.6 is 24.0 Å². The van der Waals surface area contributed by atoms with Crippen LogP contribution in [0.4, 0.5) is 0 Å². The van der Waals surface area contributed by atoms with Gasteiger partial charge in [0, 0.05) is 31.5 Å². The van der Waals surface area contributed by atoms with Crippen molar-refractivity contribution in [2.45, 2.75) is 53.5 Å². The topological polar surface area (TPSA) is 78.8 Å². The van der Waals surface area contributed by atoms with Crippen molar-refractivity contribution in [3.05, 3.63) is 23.9 Å². The lowest BCUT2D eigenvalue weighted by molar-refractivity contribution is 0.169. The summed E-state index contributed by atoms with van der Waals surface area (Å²) in [6.45, 7) is 11.2. The molecule has 0 saturated carbocycles. The number of pyridine rings is 1. The van der Waals surface area contributed by atoms with E-state index in [0.29, 0.717) is 19.0 Å². The molecule has 6 nitrogen and oxygen atoms in total. The van der Waals surface area contributed by atoms with E-state index < -0.39 is 0 Å². The van der Waals surface area contributed by atoms with Gasteiger partial charge in [-0.1, -0.05) is 19.9 Å². The monoisotopic (exact) mass is 478 g/mol. The van der Waals surface area contributed by atoms with Crippen molar-refractivity contribution >= 4 is 29.9 Å². The highest BCUT2D eigenvalue weighted by molar-refractivity contribution is 14.0. The van der Waals surface area contributed by atoms with Crippen molar-refractivity contribution in [1.82, 2.24) is 15.6 Å². The van der Waals surface area contributed by atoms with E-state index in [1.165, 1.54) is 0 Å². The third kappa shape index (κ3) is 8.07. The van der Waals surface area contributed by atoms with Crippen molar-refractivity contribution in [3.8, 4) is 5.88 Å². The Morgan fingerprint density at radius 3 is 2.54 bits per heavy atom. The number of rotatable bonds is 11. The molecule has 7 heteroatoms. The highest BCUT2D eigenvalue weighted by Crippen LogP contribution is 2.29. The second kappa shape index (κ2) is 14.0. The van der Waals surface area contributed by atoms with Crippen molar-refractivity contribution in [2.24, 2.45) is 10.4 Å². The maximum Gasteiger partial charge on any atom is 0.218 e. The molecule has 0 saturated heterocycles. The molecule has 0 spiro atoms. The Morgan fingerprint density at radius 2 is 1.96 bits per heavy atom. The van der Waals surface area contributed by atoms with Crippen LogP contribution in [0.1, 0.15) is 52.5 Å². The van der Waals surface area contributed by atoms with Crippen molar-refractivity contribution in [1.29, 1.82) is 0 Å². The summed E-state index contributed by atoms with van der Waals surface area (Å²) in [7, 11) is 0. The molecule has 0 aliphatic rings. The SMILES string of the molecule is CCNC(=NCc1cccnc1OCC)NCC(CC)(CC)CCO.I. The number of aliphatic hydroxyl groups is 1.